The second kappa shape index (κ2) is 8.01. The molecule has 5 nitrogen and oxygen atoms in total. The van der Waals surface area contributed by atoms with Crippen LogP contribution in [0.15, 0.2) is 29.5 Å². The standard InChI is InChI=1S/C15H20ClN5.HI/c1-17-15(20-12-4-2-3-5-12)18-8-13-10-21-9-11(16)6-7-14(21)19-13;/h6-7,9-10,12H,2-5,8H2,1H3,(H2,17,18,20);1H. The summed E-state index contributed by atoms with van der Waals surface area (Å²) >= 11 is 5.98. The molecule has 3 rings (SSSR count). The molecule has 2 heterocycles. The van der Waals surface area contributed by atoms with E-state index in [0.717, 1.165) is 17.3 Å². The number of halogens is 2. The molecule has 2 aromatic rings. The van der Waals surface area contributed by atoms with Crippen LogP contribution in [0, 0.1) is 0 Å². The average molecular weight is 434 g/mol. The van der Waals surface area contributed by atoms with Crippen LogP contribution in [0.3, 0.4) is 0 Å². The summed E-state index contributed by atoms with van der Waals surface area (Å²) in [6, 6.07) is 4.31. The summed E-state index contributed by atoms with van der Waals surface area (Å²) in [7, 11) is 1.80. The number of nitrogens with zero attached hydrogens (tertiary/aromatic N) is 3. The smallest absolute Gasteiger partial charge is 0.191 e. The minimum atomic E-state index is 0. The van der Waals surface area contributed by atoms with E-state index in [0.29, 0.717) is 17.6 Å². The molecular formula is C15H21ClIN5. The summed E-state index contributed by atoms with van der Waals surface area (Å²) in [5.41, 5.74) is 1.86. The molecule has 1 saturated carbocycles. The Morgan fingerprint density at radius 1 is 1.36 bits per heavy atom. The van der Waals surface area contributed by atoms with Crippen molar-refractivity contribution in [3.8, 4) is 0 Å². The topological polar surface area (TPSA) is 53.7 Å². The summed E-state index contributed by atoms with van der Waals surface area (Å²) in [4.78, 5) is 8.82. The van der Waals surface area contributed by atoms with Gasteiger partial charge in [-0.15, -0.1) is 24.0 Å². The average Bonchev–Trinajstić information content (AvgIpc) is 3.11. The highest BCUT2D eigenvalue weighted by Crippen LogP contribution is 2.17. The number of aromatic nitrogens is 2. The summed E-state index contributed by atoms with van der Waals surface area (Å²) in [5, 5.41) is 7.49. The van der Waals surface area contributed by atoms with Gasteiger partial charge in [-0.25, -0.2) is 4.98 Å². The Bertz CT molecular complexity index is 648. The van der Waals surface area contributed by atoms with Gasteiger partial charge in [0.1, 0.15) is 5.65 Å². The molecule has 120 valence electrons. The number of guanidine groups is 1. The van der Waals surface area contributed by atoms with Crippen molar-refractivity contribution in [1.82, 2.24) is 20.0 Å². The molecule has 0 amide bonds. The second-order valence-corrected chi connectivity index (χ2v) is 5.83. The fourth-order valence-electron chi connectivity index (χ4n) is 2.73. The van der Waals surface area contributed by atoms with E-state index in [1.165, 1.54) is 25.7 Å². The van der Waals surface area contributed by atoms with Crippen molar-refractivity contribution in [2.75, 3.05) is 7.05 Å². The van der Waals surface area contributed by atoms with Crippen molar-refractivity contribution in [1.29, 1.82) is 0 Å². The maximum absolute atomic E-state index is 5.98. The molecular weight excluding hydrogens is 413 g/mol. The van der Waals surface area contributed by atoms with Gasteiger partial charge in [-0.05, 0) is 25.0 Å². The lowest BCUT2D eigenvalue weighted by Gasteiger charge is -2.16. The first-order valence-corrected chi connectivity index (χ1v) is 7.73. The lowest BCUT2D eigenvalue weighted by molar-refractivity contribution is 0.613. The van der Waals surface area contributed by atoms with Gasteiger partial charge < -0.3 is 15.0 Å². The van der Waals surface area contributed by atoms with Crippen molar-refractivity contribution < 1.29 is 0 Å². The zero-order valence-corrected chi connectivity index (χ0v) is 15.6. The molecule has 0 unspecified atom stereocenters. The van der Waals surface area contributed by atoms with Crippen molar-refractivity contribution in [3.63, 3.8) is 0 Å². The highest BCUT2D eigenvalue weighted by Gasteiger charge is 2.15. The Morgan fingerprint density at radius 2 is 2.14 bits per heavy atom. The zero-order valence-electron chi connectivity index (χ0n) is 12.6. The number of pyridine rings is 1. The first-order chi connectivity index (χ1) is 10.2. The van der Waals surface area contributed by atoms with Gasteiger partial charge in [0, 0.05) is 25.5 Å². The Kier molecular flexibility index (Phi) is 6.31. The zero-order chi connectivity index (χ0) is 14.7. The molecule has 0 saturated heterocycles. The molecule has 0 aliphatic heterocycles. The highest BCUT2D eigenvalue weighted by atomic mass is 127. The van der Waals surface area contributed by atoms with E-state index >= 15 is 0 Å². The molecule has 22 heavy (non-hydrogen) atoms. The maximum atomic E-state index is 5.98. The number of aliphatic imine (C=N–C) groups is 1. The largest absolute Gasteiger partial charge is 0.354 e. The predicted molar refractivity (Wildman–Crippen MR) is 101 cm³/mol. The summed E-state index contributed by atoms with van der Waals surface area (Å²) in [6.45, 7) is 0.645. The lowest BCUT2D eigenvalue weighted by atomic mass is 10.2. The molecule has 0 aromatic carbocycles. The van der Waals surface area contributed by atoms with Gasteiger partial charge >= 0.3 is 0 Å². The number of hydrogen-bond donors (Lipinski definition) is 2. The van der Waals surface area contributed by atoms with Crippen LogP contribution in [0.1, 0.15) is 31.4 Å². The van der Waals surface area contributed by atoms with Gasteiger partial charge in [-0.2, -0.15) is 0 Å². The van der Waals surface area contributed by atoms with Crippen LogP contribution >= 0.6 is 35.6 Å². The van der Waals surface area contributed by atoms with Crippen molar-refractivity contribution in [2.24, 2.45) is 4.99 Å². The van der Waals surface area contributed by atoms with Crippen LogP contribution < -0.4 is 10.6 Å². The molecule has 1 aliphatic rings. The summed E-state index contributed by atoms with van der Waals surface area (Å²) in [6.07, 6.45) is 8.92. The number of nitrogens with one attached hydrogen (secondary N) is 2. The van der Waals surface area contributed by atoms with Gasteiger partial charge in [0.15, 0.2) is 5.96 Å². The van der Waals surface area contributed by atoms with E-state index in [9.17, 15) is 0 Å². The Labute approximate surface area is 152 Å². The molecule has 0 bridgehead atoms. The number of hydrogen-bond acceptors (Lipinski definition) is 2. The Balaban J connectivity index is 0.00000176. The second-order valence-electron chi connectivity index (χ2n) is 5.40. The van der Waals surface area contributed by atoms with E-state index in [2.05, 4.69) is 20.6 Å². The fraction of sp³-hybridized carbons (Fsp3) is 0.467. The maximum Gasteiger partial charge on any atom is 0.191 e. The van der Waals surface area contributed by atoms with Crippen molar-refractivity contribution in [2.45, 2.75) is 38.3 Å². The molecule has 7 heteroatoms. The molecule has 1 fully saturated rings. The monoisotopic (exact) mass is 433 g/mol. The summed E-state index contributed by atoms with van der Waals surface area (Å²) in [5.74, 6) is 0.844. The normalized spacial score (nSPS) is 15.8. The van der Waals surface area contributed by atoms with Crippen LogP contribution in [0.25, 0.3) is 5.65 Å². The van der Waals surface area contributed by atoms with E-state index in [1.807, 2.05) is 28.9 Å². The van der Waals surface area contributed by atoms with Crippen LogP contribution in [0.4, 0.5) is 0 Å². The first kappa shape index (κ1) is 17.3. The Morgan fingerprint density at radius 3 is 2.86 bits per heavy atom. The van der Waals surface area contributed by atoms with E-state index in [1.54, 1.807) is 7.05 Å². The third kappa shape index (κ3) is 4.25. The number of imidazole rings is 1. The SMILES string of the molecule is CN=C(NCc1cn2cc(Cl)ccc2n1)NC1CCCC1.I. The summed E-state index contributed by atoms with van der Waals surface area (Å²) < 4.78 is 1.94. The van der Waals surface area contributed by atoms with Gasteiger partial charge in [0.25, 0.3) is 0 Å². The van der Waals surface area contributed by atoms with E-state index in [-0.39, 0.29) is 24.0 Å². The van der Waals surface area contributed by atoms with Crippen LogP contribution in [-0.2, 0) is 6.54 Å². The number of rotatable bonds is 3. The lowest BCUT2D eigenvalue weighted by Crippen LogP contribution is -2.41. The molecule has 2 N–H and O–H groups in total. The van der Waals surface area contributed by atoms with Crippen LogP contribution in [-0.4, -0.2) is 28.4 Å². The van der Waals surface area contributed by atoms with Gasteiger partial charge in [-0.1, -0.05) is 24.4 Å². The fourth-order valence-corrected chi connectivity index (χ4v) is 2.90. The molecule has 2 aromatic heterocycles. The predicted octanol–water partition coefficient (Wildman–Crippen LogP) is 3.21. The van der Waals surface area contributed by atoms with Crippen LogP contribution in [0.5, 0.6) is 0 Å². The quantitative estimate of drug-likeness (QED) is 0.444. The van der Waals surface area contributed by atoms with E-state index in [4.69, 9.17) is 11.6 Å². The highest BCUT2D eigenvalue weighted by molar-refractivity contribution is 14.0. The minimum Gasteiger partial charge on any atom is -0.354 e. The third-order valence-corrected chi connectivity index (χ3v) is 4.04. The van der Waals surface area contributed by atoms with Crippen LogP contribution in [0.2, 0.25) is 5.02 Å². The van der Waals surface area contributed by atoms with Crippen molar-refractivity contribution >= 4 is 47.2 Å². The molecule has 0 atom stereocenters. The van der Waals surface area contributed by atoms with Gasteiger partial charge in [0.2, 0.25) is 0 Å². The molecule has 0 radical (unpaired) electrons. The third-order valence-electron chi connectivity index (χ3n) is 3.82. The molecule has 1 aliphatic carbocycles. The van der Waals surface area contributed by atoms with Gasteiger partial charge in [0.05, 0.1) is 17.3 Å². The van der Waals surface area contributed by atoms with Crippen molar-refractivity contribution in [3.05, 3.63) is 35.2 Å². The first-order valence-electron chi connectivity index (χ1n) is 7.35. The van der Waals surface area contributed by atoms with Gasteiger partial charge in [-0.3, -0.25) is 4.99 Å². The minimum absolute atomic E-state index is 0. The van der Waals surface area contributed by atoms with E-state index < -0.39 is 0 Å². The molecule has 0 spiro atoms. The Hall–Kier alpha value is -1.02. The number of fused-ring (bicyclic) bond motifs is 1.